The van der Waals surface area contributed by atoms with Gasteiger partial charge in [0.05, 0.1) is 22.8 Å². The summed E-state index contributed by atoms with van der Waals surface area (Å²) in [6.45, 7) is 0.725. The second kappa shape index (κ2) is 5.28. The van der Waals surface area contributed by atoms with Crippen molar-refractivity contribution >= 4 is 27.6 Å². The van der Waals surface area contributed by atoms with E-state index in [1.165, 1.54) is 0 Å². The molecule has 6 nitrogen and oxygen atoms in total. The van der Waals surface area contributed by atoms with E-state index in [0.29, 0.717) is 36.4 Å². The van der Waals surface area contributed by atoms with E-state index in [2.05, 4.69) is 11.4 Å². The first kappa shape index (κ1) is 13.4. The molecule has 0 unspecified atom stereocenters. The monoisotopic (exact) mass is 279 g/mol. The zero-order valence-corrected chi connectivity index (χ0v) is 11.0. The van der Waals surface area contributed by atoms with Crippen LogP contribution >= 0.6 is 0 Å². The molecule has 1 fully saturated rings. The molecule has 1 saturated heterocycles. The lowest BCUT2D eigenvalue weighted by Gasteiger charge is -2.29. The Bertz CT molecular complexity index is 620. The van der Waals surface area contributed by atoms with E-state index in [1.807, 2.05) is 4.90 Å². The third kappa shape index (κ3) is 3.03. The molecule has 7 heteroatoms. The third-order valence-corrected chi connectivity index (χ3v) is 4.64. The molecule has 1 heterocycles. The van der Waals surface area contributed by atoms with Gasteiger partial charge in [-0.3, -0.25) is 4.79 Å². The number of carbonyl (C=O) groups excluding carboxylic acids is 1. The van der Waals surface area contributed by atoms with E-state index < -0.39 is 9.84 Å². The average molecular weight is 279 g/mol. The molecule has 100 valence electrons. The Morgan fingerprint density at radius 1 is 1.32 bits per heavy atom. The number of sulfone groups is 1. The molecule has 1 aliphatic heterocycles. The SMILES string of the molecule is N#Cc1ccc(NC=O)cc1N1CCS(=O)(=O)CC1. The summed E-state index contributed by atoms with van der Waals surface area (Å²) in [7, 11) is -2.96. The highest BCUT2D eigenvalue weighted by Crippen LogP contribution is 2.25. The first-order valence-corrected chi connectivity index (χ1v) is 7.57. The summed E-state index contributed by atoms with van der Waals surface area (Å²) in [4.78, 5) is 12.3. The van der Waals surface area contributed by atoms with Crippen LogP contribution in [-0.4, -0.2) is 39.4 Å². The van der Waals surface area contributed by atoms with Gasteiger partial charge in [0, 0.05) is 18.8 Å². The van der Waals surface area contributed by atoms with Crippen LogP contribution < -0.4 is 10.2 Å². The number of anilines is 2. The molecule has 0 saturated carbocycles. The van der Waals surface area contributed by atoms with Crippen molar-refractivity contribution < 1.29 is 13.2 Å². The van der Waals surface area contributed by atoms with Crippen LogP contribution in [0.2, 0.25) is 0 Å². The molecular weight excluding hydrogens is 266 g/mol. The lowest BCUT2D eigenvalue weighted by Crippen LogP contribution is -2.40. The van der Waals surface area contributed by atoms with Crippen molar-refractivity contribution in [3.05, 3.63) is 23.8 Å². The fourth-order valence-corrected chi connectivity index (χ4v) is 3.20. The Morgan fingerprint density at radius 2 is 2.00 bits per heavy atom. The number of nitrogens with zero attached hydrogens (tertiary/aromatic N) is 2. The van der Waals surface area contributed by atoms with Crippen LogP contribution in [-0.2, 0) is 14.6 Å². The number of rotatable bonds is 3. The lowest BCUT2D eigenvalue weighted by atomic mass is 10.1. The Labute approximate surface area is 111 Å². The number of amides is 1. The zero-order valence-electron chi connectivity index (χ0n) is 10.2. The maximum atomic E-state index is 11.4. The van der Waals surface area contributed by atoms with Gasteiger partial charge >= 0.3 is 0 Å². The second-order valence-electron chi connectivity index (χ2n) is 4.24. The van der Waals surface area contributed by atoms with Gasteiger partial charge in [-0.2, -0.15) is 5.26 Å². The number of nitriles is 1. The number of carbonyl (C=O) groups is 1. The summed E-state index contributed by atoms with van der Waals surface area (Å²) in [6.07, 6.45) is 0.561. The van der Waals surface area contributed by atoms with Crippen molar-refractivity contribution in [2.24, 2.45) is 0 Å². The smallest absolute Gasteiger partial charge is 0.211 e. The minimum absolute atomic E-state index is 0.0865. The number of nitrogens with one attached hydrogen (secondary N) is 1. The standard InChI is InChI=1S/C12H13N3O3S/c13-8-10-1-2-11(14-9-16)7-12(10)15-3-5-19(17,18)6-4-15/h1-2,7,9H,3-6H2,(H,14,16). The third-order valence-electron chi connectivity index (χ3n) is 3.03. The van der Waals surface area contributed by atoms with Crippen LogP contribution in [0.25, 0.3) is 0 Å². The molecule has 1 aromatic rings. The van der Waals surface area contributed by atoms with Gasteiger partial charge in [-0.15, -0.1) is 0 Å². The minimum atomic E-state index is -2.96. The van der Waals surface area contributed by atoms with Gasteiger partial charge < -0.3 is 10.2 Å². The van der Waals surface area contributed by atoms with Crippen LogP contribution in [0.15, 0.2) is 18.2 Å². The topological polar surface area (TPSA) is 90.3 Å². The largest absolute Gasteiger partial charge is 0.368 e. The Balaban J connectivity index is 2.30. The average Bonchev–Trinajstić information content (AvgIpc) is 2.39. The Morgan fingerprint density at radius 3 is 2.58 bits per heavy atom. The second-order valence-corrected chi connectivity index (χ2v) is 6.55. The zero-order chi connectivity index (χ0) is 13.9. The van der Waals surface area contributed by atoms with E-state index in [0.717, 1.165) is 0 Å². The van der Waals surface area contributed by atoms with Crippen LogP contribution in [0.1, 0.15) is 5.56 Å². The Hall–Kier alpha value is -2.07. The molecule has 19 heavy (non-hydrogen) atoms. The molecule has 0 spiro atoms. The molecule has 1 amide bonds. The van der Waals surface area contributed by atoms with E-state index in [9.17, 15) is 13.2 Å². The normalized spacial score (nSPS) is 17.5. The van der Waals surface area contributed by atoms with E-state index in [1.54, 1.807) is 18.2 Å². The molecular formula is C12H13N3O3S. The van der Waals surface area contributed by atoms with Crippen molar-refractivity contribution in [2.75, 3.05) is 34.8 Å². The first-order valence-electron chi connectivity index (χ1n) is 5.75. The van der Waals surface area contributed by atoms with Gasteiger partial charge in [0.1, 0.15) is 6.07 Å². The van der Waals surface area contributed by atoms with Gasteiger partial charge in [-0.25, -0.2) is 8.42 Å². The quantitative estimate of drug-likeness (QED) is 0.807. The summed E-state index contributed by atoms with van der Waals surface area (Å²) in [5.74, 6) is 0.173. The van der Waals surface area contributed by atoms with Crippen molar-refractivity contribution in [3.8, 4) is 6.07 Å². The highest BCUT2D eigenvalue weighted by molar-refractivity contribution is 7.91. The fraction of sp³-hybridized carbons (Fsp3) is 0.333. The molecule has 2 rings (SSSR count). The molecule has 0 radical (unpaired) electrons. The van der Waals surface area contributed by atoms with Crippen LogP contribution in [0.3, 0.4) is 0 Å². The maximum Gasteiger partial charge on any atom is 0.211 e. The van der Waals surface area contributed by atoms with Crippen molar-refractivity contribution in [3.63, 3.8) is 0 Å². The summed E-state index contributed by atoms with van der Waals surface area (Å²) < 4.78 is 22.8. The van der Waals surface area contributed by atoms with Crippen molar-refractivity contribution in [2.45, 2.75) is 0 Å². The predicted octanol–water partition coefficient (Wildman–Crippen LogP) is 0.361. The molecule has 0 aromatic heterocycles. The van der Waals surface area contributed by atoms with Gasteiger partial charge in [0.15, 0.2) is 9.84 Å². The molecule has 1 aromatic carbocycles. The maximum absolute atomic E-state index is 11.4. The molecule has 1 aliphatic rings. The Kier molecular flexibility index (Phi) is 3.71. The van der Waals surface area contributed by atoms with Gasteiger partial charge in [-0.1, -0.05) is 0 Å². The van der Waals surface area contributed by atoms with Crippen LogP contribution in [0.5, 0.6) is 0 Å². The van der Waals surface area contributed by atoms with Gasteiger partial charge in [0.2, 0.25) is 6.41 Å². The van der Waals surface area contributed by atoms with E-state index in [-0.39, 0.29) is 11.5 Å². The summed E-state index contributed by atoms with van der Waals surface area (Å²) >= 11 is 0. The molecule has 0 bridgehead atoms. The highest BCUT2D eigenvalue weighted by Gasteiger charge is 2.23. The fourth-order valence-electron chi connectivity index (χ4n) is 2.00. The number of benzene rings is 1. The lowest BCUT2D eigenvalue weighted by molar-refractivity contribution is -0.105. The minimum Gasteiger partial charge on any atom is -0.368 e. The predicted molar refractivity (Wildman–Crippen MR) is 71.7 cm³/mol. The van der Waals surface area contributed by atoms with Crippen LogP contribution in [0.4, 0.5) is 11.4 Å². The highest BCUT2D eigenvalue weighted by atomic mass is 32.2. The number of hydrogen-bond donors (Lipinski definition) is 1. The molecule has 0 atom stereocenters. The summed E-state index contributed by atoms with van der Waals surface area (Å²) in [5, 5.41) is 11.6. The summed E-state index contributed by atoms with van der Waals surface area (Å²) in [5.41, 5.74) is 1.71. The number of hydrogen-bond acceptors (Lipinski definition) is 5. The summed E-state index contributed by atoms with van der Waals surface area (Å²) in [6, 6.07) is 7.01. The van der Waals surface area contributed by atoms with Gasteiger partial charge in [-0.05, 0) is 18.2 Å². The molecule has 1 N–H and O–H groups in total. The van der Waals surface area contributed by atoms with E-state index in [4.69, 9.17) is 5.26 Å². The van der Waals surface area contributed by atoms with Crippen molar-refractivity contribution in [1.82, 2.24) is 0 Å². The van der Waals surface area contributed by atoms with E-state index >= 15 is 0 Å². The van der Waals surface area contributed by atoms with Crippen molar-refractivity contribution in [1.29, 1.82) is 5.26 Å². The van der Waals surface area contributed by atoms with Gasteiger partial charge in [0.25, 0.3) is 0 Å². The molecule has 0 aliphatic carbocycles. The first-order chi connectivity index (χ1) is 9.05. The van der Waals surface area contributed by atoms with Crippen LogP contribution in [0, 0.1) is 11.3 Å².